The molecule has 0 radical (unpaired) electrons. The molecule has 1 aliphatic rings. The number of benzene rings is 1. The SMILES string of the molecule is Cc1nc(-c2c[nH]c(C(=O)Nc3ccc(N4CC(C)OC(C)C4)cc3)c2)cs1. The predicted octanol–water partition coefficient (Wildman–Crippen LogP) is 4.31. The fraction of sp³-hybridized carbons (Fsp3) is 0.333. The largest absolute Gasteiger partial charge is 0.372 e. The van der Waals surface area contributed by atoms with Gasteiger partial charge in [0.15, 0.2) is 0 Å². The first kappa shape index (κ1) is 18.7. The number of rotatable bonds is 4. The van der Waals surface area contributed by atoms with E-state index in [0.717, 1.165) is 40.7 Å². The summed E-state index contributed by atoms with van der Waals surface area (Å²) in [6, 6.07) is 9.78. The standard InChI is InChI=1S/C21H24N4O2S/c1-13-10-25(11-14(2)27-13)18-6-4-17(5-7-18)24-21(26)19-8-16(9-22-19)20-12-28-15(3)23-20/h4-9,12-14,22H,10-11H2,1-3H3,(H,24,26). The van der Waals surface area contributed by atoms with Crippen LogP contribution in [0.2, 0.25) is 0 Å². The summed E-state index contributed by atoms with van der Waals surface area (Å²) in [6.07, 6.45) is 2.24. The summed E-state index contributed by atoms with van der Waals surface area (Å²) >= 11 is 1.60. The summed E-state index contributed by atoms with van der Waals surface area (Å²) in [7, 11) is 0. The van der Waals surface area contributed by atoms with Crippen molar-refractivity contribution in [1.82, 2.24) is 9.97 Å². The third-order valence-corrected chi connectivity index (χ3v) is 5.53. The van der Waals surface area contributed by atoms with Crippen LogP contribution in [0.5, 0.6) is 0 Å². The Hall–Kier alpha value is -2.64. The predicted molar refractivity (Wildman–Crippen MR) is 113 cm³/mol. The normalized spacial score (nSPS) is 19.6. The Kier molecular flexibility index (Phi) is 5.19. The van der Waals surface area contributed by atoms with Crippen LogP contribution in [0.4, 0.5) is 11.4 Å². The van der Waals surface area contributed by atoms with E-state index >= 15 is 0 Å². The third kappa shape index (κ3) is 4.10. The maximum absolute atomic E-state index is 12.5. The van der Waals surface area contributed by atoms with Crippen molar-refractivity contribution in [3.05, 3.63) is 52.6 Å². The number of carbonyl (C=O) groups excluding carboxylic acids is 1. The smallest absolute Gasteiger partial charge is 0.272 e. The second kappa shape index (κ2) is 7.77. The minimum atomic E-state index is -0.167. The van der Waals surface area contributed by atoms with Crippen molar-refractivity contribution in [2.75, 3.05) is 23.3 Å². The maximum atomic E-state index is 12.5. The van der Waals surface area contributed by atoms with E-state index in [2.05, 4.69) is 34.0 Å². The fourth-order valence-corrected chi connectivity index (χ4v) is 4.13. The molecule has 2 unspecified atom stereocenters. The van der Waals surface area contributed by atoms with E-state index in [4.69, 9.17) is 4.74 Å². The minimum absolute atomic E-state index is 0.167. The first-order valence-corrected chi connectivity index (χ1v) is 10.3. The average molecular weight is 397 g/mol. The maximum Gasteiger partial charge on any atom is 0.272 e. The number of amides is 1. The summed E-state index contributed by atoms with van der Waals surface area (Å²) in [5.74, 6) is -0.167. The summed E-state index contributed by atoms with van der Waals surface area (Å²) in [5, 5.41) is 5.94. The summed E-state index contributed by atoms with van der Waals surface area (Å²) in [4.78, 5) is 22.4. The van der Waals surface area contributed by atoms with Gasteiger partial charge in [0.2, 0.25) is 0 Å². The van der Waals surface area contributed by atoms with Gasteiger partial charge in [0.05, 0.1) is 22.9 Å². The van der Waals surface area contributed by atoms with Gasteiger partial charge in [-0.3, -0.25) is 4.79 Å². The molecule has 1 aliphatic heterocycles. The van der Waals surface area contributed by atoms with Gasteiger partial charge < -0.3 is 19.9 Å². The fourth-order valence-electron chi connectivity index (χ4n) is 3.51. The molecule has 7 heteroatoms. The van der Waals surface area contributed by atoms with Crippen LogP contribution in [0.3, 0.4) is 0 Å². The van der Waals surface area contributed by atoms with Crippen molar-refractivity contribution in [1.29, 1.82) is 0 Å². The number of nitrogens with one attached hydrogen (secondary N) is 2. The average Bonchev–Trinajstić information content (AvgIpc) is 3.30. The van der Waals surface area contributed by atoms with Crippen LogP contribution in [-0.2, 0) is 4.74 Å². The van der Waals surface area contributed by atoms with Gasteiger partial charge in [-0.1, -0.05) is 0 Å². The van der Waals surface area contributed by atoms with Gasteiger partial charge in [-0.15, -0.1) is 11.3 Å². The molecule has 0 bridgehead atoms. The number of morpholine rings is 1. The zero-order valence-corrected chi connectivity index (χ0v) is 17.0. The summed E-state index contributed by atoms with van der Waals surface area (Å²) in [5.41, 5.74) is 4.22. The number of nitrogens with zero attached hydrogens (tertiary/aromatic N) is 2. The number of aromatic nitrogens is 2. The second-order valence-corrected chi connectivity index (χ2v) is 8.28. The van der Waals surface area contributed by atoms with E-state index in [-0.39, 0.29) is 18.1 Å². The molecule has 3 aromatic rings. The molecule has 146 valence electrons. The number of ether oxygens (including phenoxy) is 1. The molecular formula is C21H24N4O2S. The Balaban J connectivity index is 1.42. The molecule has 0 spiro atoms. The van der Waals surface area contributed by atoms with Crippen molar-refractivity contribution >= 4 is 28.6 Å². The first-order chi connectivity index (χ1) is 13.5. The lowest BCUT2D eigenvalue weighted by molar-refractivity contribution is -0.00521. The molecular weight excluding hydrogens is 372 g/mol. The Morgan fingerprint density at radius 2 is 1.96 bits per heavy atom. The summed E-state index contributed by atoms with van der Waals surface area (Å²) in [6.45, 7) is 7.90. The molecule has 1 amide bonds. The number of aromatic amines is 1. The van der Waals surface area contributed by atoms with Crippen LogP contribution >= 0.6 is 11.3 Å². The van der Waals surface area contributed by atoms with Gasteiger partial charge in [-0.25, -0.2) is 4.98 Å². The van der Waals surface area contributed by atoms with Gasteiger partial charge >= 0.3 is 0 Å². The number of hydrogen-bond acceptors (Lipinski definition) is 5. The molecule has 2 aromatic heterocycles. The summed E-state index contributed by atoms with van der Waals surface area (Å²) < 4.78 is 5.79. The monoisotopic (exact) mass is 396 g/mol. The van der Waals surface area contributed by atoms with E-state index in [1.165, 1.54) is 0 Å². The number of aryl methyl sites for hydroxylation is 1. The molecule has 2 N–H and O–H groups in total. The van der Waals surface area contributed by atoms with Crippen molar-refractivity contribution < 1.29 is 9.53 Å². The zero-order chi connectivity index (χ0) is 19.7. The van der Waals surface area contributed by atoms with Crippen LogP contribution in [-0.4, -0.2) is 41.2 Å². The molecule has 0 saturated carbocycles. The van der Waals surface area contributed by atoms with Gasteiger partial charge in [-0.2, -0.15) is 0 Å². The lowest BCUT2D eigenvalue weighted by atomic mass is 10.2. The van der Waals surface area contributed by atoms with E-state index < -0.39 is 0 Å². The van der Waals surface area contributed by atoms with Crippen LogP contribution in [0.25, 0.3) is 11.3 Å². The van der Waals surface area contributed by atoms with Crippen molar-refractivity contribution in [3.63, 3.8) is 0 Å². The molecule has 3 heterocycles. The van der Waals surface area contributed by atoms with E-state index in [9.17, 15) is 4.79 Å². The molecule has 1 fully saturated rings. The van der Waals surface area contributed by atoms with Crippen LogP contribution in [0, 0.1) is 6.92 Å². The highest BCUT2D eigenvalue weighted by molar-refractivity contribution is 7.09. The van der Waals surface area contributed by atoms with Crippen LogP contribution in [0.15, 0.2) is 41.9 Å². The number of thiazole rings is 1. The molecule has 2 atom stereocenters. The second-order valence-electron chi connectivity index (χ2n) is 7.22. The van der Waals surface area contributed by atoms with Gasteiger partial charge in [0, 0.05) is 41.6 Å². The highest BCUT2D eigenvalue weighted by atomic mass is 32.1. The Labute approximate surface area is 168 Å². The van der Waals surface area contributed by atoms with Crippen molar-refractivity contribution in [3.8, 4) is 11.3 Å². The molecule has 1 aromatic carbocycles. The quantitative estimate of drug-likeness (QED) is 0.689. The van der Waals surface area contributed by atoms with Gasteiger partial charge in [0.1, 0.15) is 5.69 Å². The van der Waals surface area contributed by atoms with Crippen molar-refractivity contribution in [2.24, 2.45) is 0 Å². The Morgan fingerprint density at radius 1 is 1.25 bits per heavy atom. The van der Waals surface area contributed by atoms with Gasteiger partial charge in [0.25, 0.3) is 5.91 Å². The lowest BCUT2D eigenvalue weighted by Gasteiger charge is -2.36. The van der Waals surface area contributed by atoms with Crippen molar-refractivity contribution in [2.45, 2.75) is 33.0 Å². The Morgan fingerprint density at radius 3 is 2.61 bits per heavy atom. The molecule has 6 nitrogen and oxygen atoms in total. The number of anilines is 2. The number of hydrogen-bond donors (Lipinski definition) is 2. The van der Waals surface area contributed by atoms with E-state index in [0.29, 0.717) is 5.69 Å². The van der Waals surface area contributed by atoms with E-state index in [1.807, 2.05) is 48.8 Å². The van der Waals surface area contributed by atoms with Crippen LogP contribution < -0.4 is 10.2 Å². The highest BCUT2D eigenvalue weighted by Gasteiger charge is 2.22. The molecule has 4 rings (SSSR count). The van der Waals surface area contributed by atoms with E-state index in [1.54, 1.807) is 11.3 Å². The Bertz CT molecular complexity index is 953. The highest BCUT2D eigenvalue weighted by Crippen LogP contribution is 2.24. The zero-order valence-electron chi connectivity index (χ0n) is 16.2. The van der Waals surface area contributed by atoms with Gasteiger partial charge in [-0.05, 0) is 51.1 Å². The third-order valence-electron chi connectivity index (χ3n) is 4.75. The molecule has 1 saturated heterocycles. The first-order valence-electron chi connectivity index (χ1n) is 9.40. The number of H-pyrrole nitrogens is 1. The number of carbonyl (C=O) groups is 1. The topological polar surface area (TPSA) is 70.2 Å². The molecule has 28 heavy (non-hydrogen) atoms. The lowest BCUT2D eigenvalue weighted by Crippen LogP contribution is -2.45. The van der Waals surface area contributed by atoms with Crippen LogP contribution in [0.1, 0.15) is 29.3 Å². The minimum Gasteiger partial charge on any atom is -0.372 e. The molecule has 0 aliphatic carbocycles.